The number of urea groups is 1. The van der Waals surface area contributed by atoms with Crippen molar-refractivity contribution in [3.8, 4) is 22.9 Å². The first-order chi connectivity index (χ1) is 15.7. The number of pyridine rings is 1. The van der Waals surface area contributed by atoms with E-state index in [1.54, 1.807) is 23.0 Å². The summed E-state index contributed by atoms with van der Waals surface area (Å²) >= 11 is 0.264. The SMILES string of the molecule is COc1cc(-c2ccc(C(F)(F)F)c(C)c2NC(=O)N=[SH]c2cnn3c2O[C@@H](C)C3)ccn1. The molecule has 2 amide bonds. The van der Waals surface area contributed by atoms with Gasteiger partial charge < -0.3 is 14.8 Å². The van der Waals surface area contributed by atoms with Gasteiger partial charge in [0.1, 0.15) is 6.10 Å². The molecule has 2 aromatic heterocycles. The third-order valence-electron chi connectivity index (χ3n) is 5.02. The molecule has 0 bridgehead atoms. The lowest BCUT2D eigenvalue weighted by molar-refractivity contribution is -0.138. The van der Waals surface area contributed by atoms with Gasteiger partial charge in [0.2, 0.25) is 11.8 Å². The van der Waals surface area contributed by atoms with Crippen molar-refractivity contribution < 1.29 is 27.4 Å². The van der Waals surface area contributed by atoms with Gasteiger partial charge in [0, 0.05) is 17.8 Å². The zero-order valence-corrected chi connectivity index (χ0v) is 18.7. The molecule has 33 heavy (non-hydrogen) atoms. The van der Waals surface area contributed by atoms with Gasteiger partial charge in [0.15, 0.2) is 0 Å². The van der Waals surface area contributed by atoms with Gasteiger partial charge >= 0.3 is 12.2 Å². The van der Waals surface area contributed by atoms with Crippen LogP contribution in [0.1, 0.15) is 18.1 Å². The van der Waals surface area contributed by atoms with Crippen LogP contribution in [0.5, 0.6) is 11.8 Å². The number of hydrogen-bond donors (Lipinski definition) is 2. The number of methoxy groups -OCH3 is 1. The Bertz CT molecular complexity index is 1240. The normalized spacial score (nSPS) is 15.6. The van der Waals surface area contributed by atoms with Crippen molar-refractivity contribution >= 4 is 23.3 Å². The lowest BCUT2D eigenvalue weighted by atomic mass is 9.97. The minimum atomic E-state index is -4.58. The zero-order valence-electron chi connectivity index (χ0n) is 17.8. The van der Waals surface area contributed by atoms with Gasteiger partial charge in [0.25, 0.3) is 0 Å². The monoisotopic (exact) mass is 479 g/mol. The minimum absolute atomic E-state index is 0.00661. The van der Waals surface area contributed by atoms with E-state index >= 15 is 0 Å². The van der Waals surface area contributed by atoms with E-state index in [0.29, 0.717) is 28.4 Å². The van der Waals surface area contributed by atoms with Gasteiger partial charge in [-0.1, -0.05) is 17.6 Å². The Morgan fingerprint density at radius 3 is 2.88 bits per heavy atom. The van der Waals surface area contributed by atoms with E-state index in [-0.39, 0.29) is 34.8 Å². The molecule has 1 aromatic carbocycles. The Kier molecular flexibility index (Phi) is 6.11. The average Bonchev–Trinajstić information content (AvgIpc) is 3.31. The first-order valence-electron chi connectivity index (χ1n) is 9.83. The molecule has 3 heterocycles. The quantitative estimate of drug-likeness (QED) is 0.532. The van der Waals surface area contributed by atoms with Gasteiger partial charge in [-0.3, -0.25) is 0 Å². The summed E-state index contributed by atoms with van der Waals surface area (Å²) in [6.07, 6.45) is -1.61. The van der Waals surface area contributed by atoms with E-state index in [1.807, 2.05) is 6.92 Å². The zero-order chi connectivity index (χ0) is 23.8. The molecule has 0 radical (unpaired) electrons. The standard InChI is InChI=1S/C21H20F3N5O3S/c1-11-10-29-19(32-11)16(9-26-29)33-28-20(30)27-18-12(2)15(21(22,23)24)5-4-14(18)13-6-7-25-17(8-13)31-3/h4-9,11,33H,10H2,1-3H3,(H,27,30)/t11-/m0/s1. The Morgan fingerprint density at radius 2 is 2.15 bits per heavy atom. The number of rotatable bonds is 4. The lowest BCUT2D eigenvalue weighted by Gasteiger charge is -2.18. The first-order valence-corrected chi connectivity index (χ1v) is 10.7. The molecule has 1 aliphatic heterocycles. The summed E-state index contributed by atoms with van der Waals surface area (Å²) < 4.78 is 56.9. The van der Waals surface area contributed by atoms with Crippen LogP contribution in [0.2, 0.25) is 0 Å². The molecule has 0 aliphatic carbocycles. The summed E-state index contributed by atoms with van der Waals surface area (Å²) in [5.41, 5.74) is -0.0583. The molecule has 1 atom stereocenters. The fourth-order valence-corrected chi connectivity index (χ4v) is 4.10. The number of fused-ring (bicyclic) bond motifs is 1. The number of alkyl halides is 3. The van der Waals surface area contributed by atoms with Crippen molar-refractivity contribution in [1.29, 1.82) is 0 Å². The summed E-state index contributed by atoms with van der Waals surface area (Å²) in [5.74, 6) is 0.815. The largest absolute Gasteiger partial charge is 0.481 e. The number of carbonyl (C=O) groups excluding carboxylic acids is 1. The van der Waals surface area contributed by atoms with Crippen LogP contribution in [-0.4, -0.2) is 34.0 Å². The second kappa shape index (κ2) is 8.85. The van der Waals surface area contributed by atoms with Crippen LogP contribution in [0.15, 0.2) is 45.9 Å². The summed E-state index contributed by atoms with van der Waals surface area (Å²) in [4.78, 5) is 17.2. The predicted molar refractivity (Wildman–Crippen MR) is 117 cm³/mol. The molecule has 1 aliphatic rings. The molecule has 1 N–H and O–H groups in total. The van der Waals surface area contributed by atoms with Gasteiger partial charge in [-0.05, 0) is 37.1 Å². The van der Waals surface area contributed by atoms with E-state index in [1.165, 1.54) is 26.3 Å². The van der Waals surface area contributed by atoms with Crippen molar-refractivity contribution in [2.75, 3.05) is 12.4 Å². The third kappa shape index (κ3) is 4.70. The molecule has 0 unspecified atom stereocenters. The van der Waals surface area contributed by atoms with Crippen LogP contribution in [0.25, 0.3) is 11.1 Å². The number of amides is 2. The maximum atomic E-state index is 13.5. The molecule has 0 spiro atoms. The van der Waals surface area contributed by atoms with Crippen molar-refractivity contribution in [2.45, 2.75) is 37.6 Å². The Balaban J connectivity index is 1.68. The van der Waals surface area contributed by atoms with Gasteiger partial charge in [-0.15, -0.1) is 0 Å². The molecule has 8 nitrogen and oxygen atoms in total. The maximum absolute atomic E-state index is 13.5. The van der Waals surface area contributed by atoms with E-state index in [4.69, 9.17) is 9.47 Å². The average molecular weight is 479 g/mol. The fourth-order valence-electron chi connectivity index (χ4n) is 3.50. The molecular weight excluding hydrogens is 459 g/mol. The molecule has 0 saturated carbocycles. The summed E-state index contributed by atoms with van der Waals surface area (Å²) in [7, 11) is 1.43. The Morgan fingerprint density at radius 1 is 1.36 bits per heavy atom. The van der Waals surface area contributed by atoms with Crippen LogP contribution in [0.3, 0.4) is 0 Å². The van der Waals surface area contributed by atoms with Gasteiger partial charge in [0.05, 0.1) is 36.0 Å². The van der Waals surface area contributed by atoms with Crippen LogP contribution in [0, 0.1) is 6.92 Å². The van der Waals surface area contributed by atoms with Crippen molar-refractivity contribution in [3.63, 3.8) is 0 Å². The van der Waals surface area contributed by atoms with Crippen LogP contribution in [-0.2, 0) is 24.3 Å². The highest BCUT2D eigenvalue weighted by molar-refractivity contribution is 7.68. The number of ether oxygens (including phenoxy) is 2. The molecule has 0 fully saturated rings. The lowest BCUT2D eigenvalue weighted by Crippen LogP contribution is -2.13. The molecular formula is C21H20F3N5O3S. The summed E-state index contributed by atoms with van der Waals surface area (Å²) in [5, 5.41) is 6.71. The van der Waals surface area contributed by atoms with Gasteiger partial charge in [-0.25, -0.2) is 14.5 Å². The fraction of sp³-hybridized carbons (Fsp3) is 0.286. The van der Waals surface area contributed by atoms with Crippen LogP contribution >= 0.6 is 0 Å². The summed E-state index contributed by atoms with van der Waals surface area (Å²) in [6.45, 7) is 3.79. The molecule has 0 saturated heterocycles. The van der Waals surface area contributed by atoms with Crippen molar-refractivity contribution in [1.82, 2.24) is 14.8 Å². The van der Waals surface area contributed by atoms with Gasteiger partial charge in [-0.2, -0.15) is 22.6 Å². The first kappa shape index (κ1) is 22.8. The summed E-state index contributed by atoms with van der Waals surface area (Å²) in [6, 6.07) is 4.67. The molecule has 174 valence electrons. The number of nitrogens with zero attached hydrogens (tertiary/aromatic N) is 4. The smallest absolute Gasteiger partial charge is 0.416 e. The third-order valence-corrected chi connectivity index (χ3v) is 5.83. The number of thiol groups is 1. The minimum Gasteiger partial charge on any atom is -0.481 e. The van der Waals surface area contributed by atoms with Crippen molar-refractivity contribution in [2.24, 2.45) is 4.36 Å². The highest BCUT2D eigenvalue weighted by Gasteiger charge is 2.34. The molecule has 12 heteroatoms. The second-order valence-corrected chi connectivity index (χ2v) is 8.20. The number of hydrogen-bond acceptors (Lipinski definition) is 5. The number of carbonyl (C=O) groups is 1. The second-order valence-electron chi connectivity index (χ2n) is 7.32. The Hall–Kier alpha value is -3.41. The van der Waals surface area contributed by atoms with E-state index in [9.17, 15) is 18.0 Å². The number of halogens is 3. The van der Waals surface area contributed by atoms with E-state index < -0.39 is 17.8 Å². The maximum Gasteiger partial charge on any atom is 0.416 e. The number of benzene rings is 1. The van der Waals surface area contributed by atoms with E-state index in [2.05, 4.69) is 19.8 Å². The Labute approximate surface area is 190 Å². The van der Waals surface area contributed by atoms with E-state index in [0.717, 1.165) is 6.07 Å². The highest BCUT2D eigenvalue weighted by Crippen LogP contribution is 2.40. The van der Waals surface area contributed by atoms with Crippen molar-refractivity contribution in [3.05, 3.63) is 47.8 Å². The van der Waals surface area contributed by atoms with Crippen LogP contribution in [0.4, 0.5) is 23.7 Å². The molecule has 4 rings (SSSR count). The number of aromatic nitrogens is 3. The predicted octanol–water partition coefficient (Wildman–Crippen LogP) is 4.65. The highest BCUT2D eigenvalue weighted by atomic mass is 32.1. The van der Waals surface area contributed by atoms with Crippen LogP contribution < -0.4 is 14.8 Å². The number of anilines is 1. The number of nitrogens with one attached hydrogen (secondary N) is 1. The molecule has 3 aromatic rings. The topological polar surface area (TPSA) is 90.6 Å².